The summed E-state index contributed by atoms with van der Waals surface area (Å²) in [5.74, 6) is 0.771. The molecule has 0 radical (unpaired) electrons. The topological polar surface area (TPSA) is 74.3 Å². The average molecular weight is 389 g/mol. The number of aryl methyl sites for hydroxylation is 1. The predicted octanol–water partition coefficient (Wildman–Crippen LogP) is 3.16. The fourth-order valence-electron chi connectivity index (χ4n) is 3.40. The number of anilines is 2. The van der Waals surface area contributed by atoms with Crippen molar-refractivity contribution in [1.29, 1.82) is 0 Å². The number of nitrogens with one attached hydrogen (secondary N) is 2. The monoisotopic (exact) mass is 388 g/mol. The molecule has 1 aromatic heterocycles. The van der Waals surface area contributed by atoms with E-state index in [9.17, 15) is 8.42 Å². The van der Waals surface area contributed by atoms with E-state index in [-0.39, 0.29) is 12.1 Å². The lowest BCUT2D eigenvalue weighted by atomic mass is 9.91. The van der Waals surface area contributed by atoms with Gasteiger partial charge in [-0.25, -0.2) is 18.1 Å². The Morgan fingerprint density at radius 2 is 1.70 bits per heavy atom. The van der Waals surface area contributed by atoms with Crippen molar-refractivity contribution in [1.82, 2.24) is 9.71 Å². The Hall–Kier alpha value is -2.12. The molecule has 3 rings (SSSR count). The van der Waals surface area contributed by atoms with Crippen LogP contribution in [0.15, 0.2) is 47.5 Å². The quantitative estimate of drug-likeness (QED) is 0.795. The fraction of sp³-hybridized carbons (Fsp3) is 0.450. The average Bonchev–Trinajstić information content (AvgIpc) is 2.64. The van der Waals surface area contributed by atoms with Crippen molar-refractivity contribution >= 4 is 21.5 Å². The number of benzene rings is 1. The molecule has 1 saturated carbocycles. The van der Waals surface area contributed by atoms with Crippen LogP contribution < -0.4 is 14.9 Å². The van der Waals surface area contributed by atoms with E-state index in [1.54, 1.807) is 18.3 Å². The summed E-state index contributed by atoms with van der Waals surface area (Å²) in [7, 11) is 0.427. The van der Waals surface area contributed by atoms with Crippen LogP contribution in [0.2, 0.25) is 0 Å². The molecule has 0 saturated heterocycles. The summed E-state index contributed by atoms with van der Waals surface area (Å²) in [6.45, 7) is 1.94. The van der Waals surface area contributed by atoms with Gasteiger partial charge >= 0.3 is 0 Å². The largest absolute Gasteiger partial charge is 0.378 e. The number of aromatic nitrogens is 1. The minimum Gasteiger partial charge on any atom is -0.378 e. The lowest BCUT2D eigenvalue weighted by Crippen LogP contribution is -2.48. The molecular formula is C20H28N4O2S. The number of hydrogen-bond acceptors (Lipinski definition) is 5. The first kappa shape index (κ1) is 19.6. The van der Waals surface area contributed by atoms with Gasteiger partial charge in [0.05, 0.1) is 4.90 Å². The van der Waals surface area contributed by atoms with Gasteiger partial charge < -0.3 is 10.2 Å². The Labute approximate surface area is 162 Å². The zero-order valence-corrected chi connectivity index (χ0v) is 17.0. The SMILES string of the molecule is Cc1ccc(S(=O)(=O)N[C@@H]2CCCC[C@H]2Nc2cc(N(C)C)ccn2)cc1. The van der Waals surface area contributed by atoms with Crippen molar-refractivity contribution in [3.05, 3.63) is 48.2 Å². The number of pyridine rings is 1. The maximum Gasteiger partial charge on any atom is 0.240 e. The summed E-state index contributed by atoms with van der Waals surface area (Å²) < 4.78 is 28.5. The van der Waals surface area contributed by atoms with E-state index in [2.05, 4.69) is 15.0 Å². The van der Waals surface area contributed by atoms with Crippen molar-refractivity contribution in [2.75, 3.05) is 24.3 Å². The van der Waals surface area contributed by atoms with Gasteiger partial charge in [-0.1, -0.05) is 30.5 Å². The van der Waals surface area contributed by atoms with Gasteiger partial charge in [-0.2, -0.15) is 0 Å². The zero-order valence-electron chi connectivity index (χ0n) is 16.1. The molecule has 0 bridgehead atoms. The molecule has 1 aliphatic carbocycles. The molecule has 1 aromatic carbocycles. The van der Waals surface area contributed by atoms with Crippen molar-refractivity contribution in [3.8, 4) is 0 Å². The van der Waals surface area contributed by atoms with Crippen LogP contribution in [0.1, 0.15) is 31.2 Å². The van der Waals surface area contributed by atoms with E-state index in [0.717, 1.165) is 42.8 Å². The molecule has 1 fully saturated rings. The third kappa shape index (κ3) is 4.99. The maximum atomic E-state index is 12.8. The molecule has 146 valence electrons. The maximum absolute atomic E-state index is 12.8. The Balaban J connectivity index is 1.75. The number of rotatable bonds is 6. The highest BCUT2D eigenvalue weighted by atomic mass is 32.2. The van der Waals surface area contributed by atoms with E-state index in [1.807, 2.05) is 50.2 Å². The predicted molar refractivity (Wildman–Crippen MR) is 110 cm³/mol. The highest BCUT2D eigenvalue weighted by Crippen LogP contribution is 2.25. The summed E-state index contributed by atoms with van der Waals surface area (Å²) >= 11 is 0. The third-order valence-electron chi connectivity index (χ3n) is 5.00. The van der Waals surface area contributed by atoms with E-state index >= 15 is 0 Å². The van der Waals surface area contributed by atoms with Crippen LogP contribution in [0, 0.1) is 6.92 Å². The van der Waals surface area contributed by atoms with Gasteiger partial charge in [0.2, 0.25) is 10.0 Å². The third-order valence-corrected chi connectivity index (χ3v) is 6.50. The van der Waals surface area contributed by atoms with Crippen LogP contribution in [-0.2, 0) is 10.0 Å². The molecule has 6 nitrogen and oxygen atoms in total. The Morgan fingerprint density at radius 3 is 2.37 bits per heavy atom. The Kier molecular flexibility index (Phi) is 6.01. The summed E-state index contributed by atoms with van der Waals surface area (Å²) in [6.07, 6.45) is 5.59. The van der Waals surface area contributed by atoms with E-state index in [1.165, 1.54) is 0 Å². The normalized spacial score (nSPS) is 20.3. The minimum atomic E-state index is -3.54. The first-order valence-corrected chi connectivity index (χ1v) is 10.8. The summed E-state index contributed by atoms with van der Waals surface area (Å²) in [5.41, 5.74) is 2.10. The summed E-state index contributed by atoms with van der Waals surface area (Å²) in [5, 5.41) is 3.44. The standard InChI is InChI=1S/C20H28N4O2S/c1-15-8-10-17(11-9-15)27(25,26)23-19-7-5-4-6-18(19)22-20-14-16(24(2)3)12-13-21-20/h8-14,18-19,23H,4-7H2,1-3H3,(H,21,22)/t18-,19-/m1/s1. The van der Waals surface area contributed by atoms with Crippen molar-refractivity contribution in [2.45, 2.75) is 49.6 Å². The van der Waals surface area contributed by atoms with Gasteiger partial charge in [-0.05, 0) is 38.0 Å². The Morgan fingerprint density at radius 1 is 1.04 bits per heavy atom. The van der Waals surface area contributed by atoms with E-state index in [0.29, 0.717) is 4.90 Å². The fourth-order valence-corrected chi connectivity index (χ4v) is 4.71. The molecule has 0 spiro atoms. The second-order valence-electron chi connectivity index (χ2n) is 7.37. The lowest BCUT2D eigenvalue weighted by Gasteiger charge is -2.33. The van der Waals surface area contributed by atoms with Crippen LogP contribution >= 0.6 is 0 Å². The molecule has 0 unspecified atom stereocenters. The first-order valence-electron chi connectivity index (χ1n) is 9.34. The minimum absolute atomic E-state index is 0.0175. The molecule has 2 aromatic rings. The molecule has 1 aliphatic rings. The zero-order chi connectivity index (χ0) is 19.4. The van der Waals surface area contributed by atoms with E-state index in [4.69, 9.17) is 0 Å². The molecule has 27 heavy (non-hydrogen) atoms. The van der Waals surface area contributed by atoms with Crippen LogP contribution in [0.25, 0.3) is 0 Å². The smallest absolute Gasteiger partial charge is 0.240 e. The number of sulfonamides is 1. The highest BCUT2D eigenvalue weighted by molar-refractivity contribution is 7.89. The molecule has 2 N–H and O–H groups in total. The van der Waals surface area contributed by atoms with E-state index < -0.39 is 10.0 Å². The van der Waals surface area contributed by atoms with Gasteiger partial charge in [-0.3, -0.25) is 0 Å². The van der Waals surface area contributed by atoms with Gasteiger partial charge in [-0.15, -0.1) is 0 Å². The summed E-state index contributed by atoms with van der Waals surface area (Å²) in [4.78, 5) is 6.73. The van der Waals surface area contributed by atoms with Gasteiger partial charge in [0.25, 0.3) is 0 Å². The molecule has 0 aliphatic heterocycles. The lowest BCUT2D eigenvalue weighted by molar-refractivity contribution is 0.378. The number of nitrogens with zero attached hydrogens (tertiary/aromatic N) is 2. The molecule has 2 atom stereocenters. The Bertz CT molecular complexity index is 866. The molecule has 1 heterocycles. The molecular weight excluding hydrogens is 360 g/mol. The van der Waals surface area contributed by atoms with Crippen molar-refractivity contribution < 1.29 is 8.42 Å². The van der Waals surface area contributed by atoms with Gasteiger partial charge in [0.1, 0.15) is 5.82 Å². The van der Waals surface area contributed by atoms with Gasteiger partial charge in [0, 0.05) is 44.1 Å². The highest BCUT2D eigenvalue weighted by Gasteiger charge is 2.29. The second kappa shape index (κ2) is 8.27. The van der Waals surface area contributed by atoms with Crippen LogP contribution in [0.4, 0.5) is 11.5 Å². The van der Waals surface area contributed by atoms with Crippen LogP contribution in [0.3, 0.4) is 0 Å². The summed E-state index contributed by atoms with van der Waals surface area (Å²) in [6, 6.07) is 10.8. The number of hydrogen-bond donors (Lipinski definition) is 2. The van der Waals surface area contributed by atoms with Crippen molar-refractivity contribution in [3.63, 3.8) is 0 Å². The van der Waals surface area contributed by atoms with Gasteiger partial charge in [0.15, 0.2) is 0 Å². The first-order chi connectivity index (χ1) is 12.8. The van der Waals surface area contributed by atoms with Crippen LogP contribution in [0.5, 0.6) is 0 Å². The molecule has 0 amide bonds. The molecule has 7 heteroatoms. The second-order valence-corrected chi connectivity index (χ2v) is 9.08. The van der Waals surface area contributed by atoms with Crippen LogP contribution in [-0.4, -0.2) is 39.6 Å². The van der Waals surface area contributed by atoms with Crippen molar-refractivity contribution in [2.24, 2.45) is 0 Å².